The summed E-state index contributed by atoms with van der Waals surface area (Å²) in [5, 5.41) is 0. The molecule has 3 rings (SSSR count). The van der Waals surface area contributed by atoms with Gasteiger partial charge in [-0.15, -0.1) is 0 Å². The molecule has 0 fully saturated rings. The third kappa shape index (κ3) is 5.99. The molecule has 1 amide bonds. The highest BCUT2D eigenvalue weighted by atomic mass is 16.2. The van der Waals surface area contributed by atoms with E-state index in [0.29, 0.717) is 13.0 Å². The molecule has 1 aliphatic rings. The number of anilines is 2. The second kappa shape index (κ2) is 10.0. The molecule has 1 aromatic carbocycles. The monoisotopic (exact) mass is 438 g/mol. The molecule has 1 aliphatic carbocycles. The van der Waals surface area contributed by atoms with Crippen LogP contribution >= 0.6 is 0 Å². The van der Waals surface area contributed by atoms with E-state index in [1.54, 1.807) is 0 Å². The number of benzene rings is 1. The van der Waals surface area contributed by atoms with Crippen molar-refractivity contribution in [2.45, 2.75) is 65.8 Å². The lowest BCUT2D eigenvalue weighted by atomic mass is 9.91. The fourth-order valence-electron chi connectivity index (χ4n) is 4.06. The molecule has 0 aliphatic heterocycles. The summed E-state index contributed by atoms with van der Waals surface area (Å²) in [4.78, 5) is 42.6. The van der Waals surface area contributed by atoms with Crippen LogP contribution in [-0.4, -0.2) is 22.0 Å². The van der Waals surface area contributed by atoms with E-state index in [4.69, 9.17) is 5.73 Å². The zero-order valence-corrected chi connectivity index (χ0v) is 19.3. The van der Waals surface area contributed by atoms with E-state index < -0.39 is 11.2 Å². The van der Waals surface area contributed by atoms with E-state index in [0.717, 1.165) is 24.8 Å². The van der Waals surface area contributed by atoms with Crippen molar-refractivity contribution in [3.05, 3.63) is 68.4 Å². The first kappa shape index (κ1) is 23.6. The van der Waals surface area contributed by atoms with Gasteiger partial charge in [0.2, 0.25) is 5.91 Å². The molecule has 2 aromatic rings. The summed E-state index contributed by atoms with van der Waals surface area (Å²) in [6.07, 6.45) is 7.59. The van der Waals surface area contributed by atoms with E-state index in [1.807, 2.05) is 51.1 Å². The number of amides is 1. The van der Waals surface area contributed by atoms with Gasteiger partial charge < -0.3 is 10.6 Å². The smallest absolute Gasteiger partial charge is 0.330 e. The summed E-state index contributed by atoms with van der Waals surface area (Å²) >= 11 is 0. The van der Waals surface area contributed by atoms with Crippen molar-refractivity contribution in [2.24, 2.45) is 5.41 Å². The second-order valence-corrected chi connectivity index (χ2v) is 9.71. The maximum Gasteiger partial charge on any atom is 0.330 e. The van der Waals surface area contributed by atoms with Gasteiger partial charge in [0.05, 0.1) is 6.54 Å². The maximum atomic E-state index is 13.3. The van der Waals surface area contributed by atoms with Crippen molar-refractivity contribution in [1.29, 1.82) is 0 Å². The van der Waals surface area contributed by atoms with Crippen LogP contribution in [0.4, 0.5) is 11.5 Å². The number of carbonyl (C=O) groups is 1. The molecule has 172 valence electrons. The van der Waals surface area contributed by atoms with Gasteiger partial charge in [-0.05, 0) is 43.1 Å². The number of hydrogen-bond acceptors (Lipinski definition) is 4. The van der Waals surface area contributed by atoms with E-state index in [1.165, 1.54) is 21.5 Å². The molecule has 0 spiro atoms. The number of aromatic nitrogens is 2. The van der Waals surface area contributed by atoms with Gasteiger partial charge in [-0.2, -0.15) is 0 Å². The van der Waals surface area contributed by atoms with Crippen molar-refractivity contribution in [2.75, 3.05) is 17.2 Å². The SMILES string of the molecule is CC(C)(C)CC(=O)N(CCC1=CCCCC1)c1c(N)n(Cc2ccccc2)c(=O)[nH]c1=O. The molecular weight excluding hydrogens is 404 g/mol. The van der Waals surface area contributed by atoms with Crippen LogP contribution in [0.3, 0.4) is 0 Å². The number of H-pyrrole nitrogens is 1. The Balaban J connectivity index is 2.00. The van der Waals surface area contributed by atoms with E-state index in [2.05, 4.69) is 11.1 Å². The lowest BCUT2D eigenvalue weighted by Gasteiger charge is -2.28. The molecule has 7 nitrogen and oxygen atoms in total. The highest BCUT2D eigenvalue weighted by molar-refractivity contribution is 5.95. The summed E-state index contributed by atoms with van der Waals surface area (Å²) in [5.41, 5.74) is 7.15. The van der Waals surface area contributed by atoms with Gasteiger partial charge in [0.25, 0.3) is 5.56 Å². The molecule has 0 saturated heterocycles. The number of nitrogens with zero attached hydrogens (tertiary/aromatic N) is 2. The lowest BCUT2D eigenvalue weighted by Crippen LogP contribution is -2.42. The van der Waals surface area contributed by atoms with Gasteiger partial charge >= 0.3 is 5.69 Å². The van der Waals surface area contributed by atoms with Gasteiger partial charge in [0.15, 0.2) is 5.69 Å². The zero-order valence-electron chi connectivity index (χ0n) is 19.3. The van der Waals surface area contributed by atoms with Crippen LogP contribution in [0.5, 0.6) is 0 Å². The van der Waals surface area contributed by atoms with Crippen LogP contribution in [0, 0.1) is 5.41 Å². The Labute approximate surface area is 189 Å². The number of hydrogen-bond donors (Lipinski definition) is 2. The van der Waals surface area contributed by atoms with Gasteiger partial charge in [0, 0.05) is 13.0 Å². The van der Waals surface area contributed by atoms with E-state index >= 15 is 0 Å². The van der Waals surface area contributed by atoms with Crippen molar-refractivity contribution in [3.63, 3.8) is 0 Å². The minimum atomic E-state index is -0.628. The predicted molar refractivity (Wildman–Crippen MR) is 129 cm³/mol. The normalized spacial score (nSPS) is 14.2. The Kier molecular flexibility index (Phi) is 7.38. The topological polar surface area (TPSA) is 101 Å². The highest BCUT2D eigenvalue weighted by Gasteiger charge is 2.27. The van der Waals surface area contributed by atoms with Crippen LogP contribution in [0.15, 0.2) is 51.6 Å². The molecule has 3 N–H and O–H groups in total. The van der Waals surface area contributed by atoms with Gasteiger partial charge in [-0.1, -0.05) is 62.8 Å². The summed E-state index contributed by atoms with van der Waals surface area (Å²) in [5.74, 6) is -0.154. The summed E-state index contributed by atoms with van der Waals surface area (Å²) in [6, 6.07) is 9.41. The highest BCUT2D eigenvalue weighted by Crippen LogP contribution is 2.26. The Morgan fingerprint density at radius 1 is 1.16 bits per heavy atom. The van der Waals surface area contributed by atoms with Crippen LogP contribution in [-0.2, 0) is 11.3 Å². The third-order valence-corrected chi connectivity index (χ3v) is 5.69. The number of rotatable bonds is 7. The first-order valence-electron chi connectivity index (χ1n) is 11.3. The first-order valence-corrected chi connectivity index (χ1v) is 11.3. The molecule has 0 unspecified atom stereocenters. The van der Waals surface area contributed by atoms with Crippen LogP contribution < -0.4 is 21.9 Å². The van der Waals surface area contributed by atoms with Crippen molar-refractivity contribution in [3.8, 4) is 0 Å². The molecule has 32 heavy (non-hydrogen) atoms. The van der Waals surface area contributed by atoms with Crippen LogP contribution in [0.1, 0.15) is 64.9 Å². The quantitative estimate of drug-likeness (QED) is 0.642. The predicted octanol–water partition coefficient (Wildman–Crippen LogP) is 3.83. The average Bonchev–Trinajstić information content (AvgIpc) is 2.73. The fraction of sp³-hybridized carbons (Fsp3) is 0.480. The van der Waals surface area contributed by atoms with Crippen molar-refractivity contribution in [1.82, 2.24) is 9.55 Å². The van der Waals surface area contributed by atoms with Crippen LogP contribution in [0.25, 0.3) is 0 Å². The molecule has 0 bridgehead atoms. The number of aromatic amines is 1. The van der Waals surface area contributed by atoms with Gasteiger partial charge in [-0.25, -0.2) is 4.79 Å². The fourth-order valence-corrected chi connectivity index (χ4v) is 4.06. The zero-order chi connectivity index (χ0) is 23.3. The minimum absolute atomic E-state index is 0.0162. The number of carbonyl (C=O) groups excluding carboxylic acids is 1. The van der Waals surface area contributed by atoms with Gasteiger partial charge in [-0.3, -0.25) is 19.1 Å². The van der Waals surface area contributed by atoms with E-state index in [9.17, 15) is 14.4 Å². The van der Waals surface area contributed by atoms with Gasteiger partial charge in [0.1, 0.15) is 5.82 Å². The molecule has 0 saturated carbocycles. The molecule has 7 heteroatoms. The Bertz CT molecular complexity index is 1090. The summed E-state index contributed by atoms with van der Waals surface area (Å²) in [6.45, 7) is 6.52. The van der Waals surface area contributed by atoms with Crippen molar-refractivity contribution < 1.29 is 4.79 Å². The lowest BCUT2D eigenvalue weighted by molar-refractivity contribution is -0.120. The summed E-state index contributed by atoms with van der Waals surface area (Å²) in [7, 11) is 0. The Morgan fingerprint density at radius 2 is 1.88 bits per heavy atom. The average molecular weight is 439 g/mol. The van der Waals surface area contributed by atoms with Crippen LogP contribution in [0.2, 0.25) is 0 Å². The molecule has 1 aromatic heterocycles. The standard InChI is InChI=1S/C25H34N4O3/c1-25(2,3)16-20(30)28(15-14-18-10-6-4-7-11-18)21-22(26)29(24(32)27-23(21)31)17-19-12-8-5-9-13-19/h5,8-10,12-13H,4,6-7,11,14-17,26H2,1-3H3,(H,27,31,32). The van der Waals surface area contributed by atoms with Crippen molar-refractivity contribution >= 4 is 17.4 Å². The molecule has 0 radical (unpaired) electrons. The number of nitrogens with two attached hydrogens (primary N) is 1. The second-order valence-electron chi connectivity index (χ2n) is 9.71. The maximum absolute atomic E-state index is 13.3. The first-order chi connectivity index (χ1) is 15.2. The molecule has 0 atom stereocenters. The third-order valence-electron chi connectivity index (χ3n) is 5.69. The Morgan fingerprint density at radius 3 is 2.50 bits per heavy atom. The summed E-state index contributed by atoms with van der Waals surface area (Å²) < 4.78 is 1.32. The molecular formula is C25H34N4O3. The number of allylic oxidation sites excluding steroid dienone is 1. The Hall–Kier alpha value is -3.09. The largest absolute Gasteiger partial charge is 0.383 e. The minimum Gasteiger partial charge on any atom is -0.383 e. The van der Waals surface area contributed by atoms with E-state index in [-0.39, 0.29) is 35.8 Å². The number of nitrogens with one attached hydrogen (secondary N) is 1. The number of nitrogen functional groups attached to an aromatic ring is 1. The molecule has 1 heterocycles.